The minimum Gasteiger partial charge on any atom is -0.465 e. The van der Waals surface area contributed by atoms with Gasteiger partial charge in [-0.1, -0.05) is 19.2 Å². The predicted octanol–water partition coefficient (Wildman–Crippen LogP) is 2.15. The van der Waals surface area contributed by atoms with E-state index in [4.69, 9.17) is 0 Å². The fourth-order valence-electron chi connectivity index (χ4n) is 1.87. The average Bonchev–Trinajstić information content (AvgIpc) is 2.63. The molecule has 0 heterocycles. The molecule has 0 saturated carbocycles. The Balaban J connectivity index is 3.32. The molecule has 0 aliphatic heterocycles. The van der Waals surface area contributed by atoms with Crippen LogP contribution < -0.4 is 0 Å². The third-order valence-corrected chi connectivity index (χ3v) is 3.17. The zero-order valence-electron chi connectivity index (χ0n) is 13.3. The highest BCUT2D eigenvalue weighted by Gasteiger charge is 2.16. The minimum atomic E-state index is -0.741. The van der Waals surface area contributed by atoms with Crippen LogP contribution in [0.5, 0.6) is 0 Å². The van der Waals surface area contributed by atoms with Crippen LogP contribution in [0.4, 0.5) is 0 Å². The van der Waals surface area contributed by atoms with Gasteiger partial charge in [-0.3, -0.25) is 9.59 Å². The predicted molar refractivity (Wildman–Crippen MR) is 87.5 cm³/mol. The van der Waals surface area contributed by atoms with Gasteiger partial charge < -0.3 is 9.47 Å². The van der Waals surface area contributed by atoms with Crippen molar-refractivity contribution in [2.75, 3.05) is 14.2 Å². The van der Waals surface area contributed by atoms with Crippen molar-refractivity contribution in [2.24, 2.45) is 0 Å². The Labute approximate surface area is 139 Å². The second kappa shape index (κ2) is 8.38. The molecule has 0 amide bonds. The maximum atomic E-state index is 11.7. The highest BCUT2D eigenvalue weighted by Crippen LogP contribution is 2.21. The van der Waals surface area contributed by atoms with E-state index in [1.165, 1.54) is 38.5 Å². The smallest absolute Gasteiger partial charge is 0.338 e. The molecule has 0 saturated heterocycles. The van der Waals surface area contributed by atoms with Gasteiger partial charge in [0.15, 0.2) is 6.29 Å². The minimum absolute atomic E-state index is 0.0535. The fraction of sp³-hybridized carbons (Fsp3) is 0.111. The molecule has 24 heavy (non-hydrogen) atoms. The number of benzene rings is 1. The van der Waals surface area contributed by atoms with Crippen LogP contribution in [0.2, 0.25) is 0 Å². The number of allylic oxidation sites excluding steroid dienone is 2. The van der Waals surface area contributed by atoms with E-state index >= 15 is 0 Å². The zero-order chi connectivity index (χ0) is 18.3. The topological polar surface area (TPSA) is 86.7 Å². The van der Waals surface area contributed by atoms with Crippen molar-refractivity contribution in [3.8, 4) is 0 Å². The monoisotopic (exact) mass is 328 g/mol. The van der Waals surface area contributed by atoms with Crippen LogP contribution in [0.25, 0.3) is 5.57 Å². The average molecular weight is 328 g/mol. The molecular formula is C18H16O6. The van der Waals surface area contributed by atoms with Crippen molar-refractivity contribution in [3.63, 3.8) is 0 Å². The summed E-state index contributed by atoms with van der Waals surface area (Å²) in [4.78, 5) is 45.3. The number of esters is 2. The molecule has 0 aromatic heterocycles. The number of carbonyl (C=O) groups excluding carboxylic acids is 4. The van der Waals surface area contributed by atoms with Crippen LogP contribution in [-0.4, -0.2) is 38.7 Å². The van der Waals surface area contributed by atoms with E-state index in [0.717, 1.165) is 0 Å². The Morgan fingerprint density at radius 3 is 2.25 bits per heavy atom. The SMILES string of the molecule is C=C(C=O)/C(=C\C(=C)c1ccc(C(=O)OC)c(C=O)c1)C(=O)OC. The Morgan fingerprint density at radius 1 is 1.08 bits per heavy atom. The summed E-state index contributed by atoms with van der Waals surface area (Å²) in [6.07, 6.45) is 2.26. The van der Waals surface area contributed by atoms with Crippen LogP contribution in [0.1, 0.15) is 26.3 Å². The maximum Gasteiger partial charge on any atom is 0.338 e. The summed E-state index contributed by atoms with van der Waals surface area (Å²) < 4.78 is 9.19. The lowest BCUT2D eigenvalue weighted by atomic mass is 9.97. The maximum absolute atomic E-state index is 11.7. The largest absolute Gasteiger partial charge is 0.465 e. The molecule has 6 nitrogen and oxygen atoms in total. The second-order valence-corrected chi connectivity index (χ2v) is 4.63. The first-order valence-corrected chi connectivity index (χ1v) is 6.70. The number of methoxy groups -OCH3 is 2. The molecule has 124 valence electrons. The Kier molecular flexibility index (Phi) is 6.55. The highest BCUT2D eigenvalue weighted by atomic mass is 16.5. The van der Waals surface area contributed by atoms with Gasteiger partial charge in [0, 0.05) is 11.1 Å². The van der Waals surface area contributed by atoms with E-state index in [1.807, 2.05) is 0 Å². The number of carbonyl (C=O) groups is 4. The molecule has 0 spiro atoms. The number of rotatable bonds is 7. The van der Waals surface area contributed by atoms with Crippen molar-refractivity contribution in [3.05, 3.63) is 65.3 Å². The van der Waals surface area contributed by atoms with Gasteiger partial charge in [-0.25, -0.2) is 9.59 Å². The molecule has 0 bridgehead atoms. The van der Waals surface area contributed by atoms with Crippen molar-refractivity contribution in [1.29, 1.82) is 0 Å². The summed E-state index contributed by atoms with van der Waals surface area (Å²) >= 11 is 0. The second-order valence-electron chi connectivity index (χ2n) is 4.63. The summed E-state index contributed by atoms with van der Waals surface area (Å²) in [7, 11) is 2.38. The van der Waals surface area contributed by atoms with Gasteiger partial charge in [-0.15, -0.1) is 0 Å². The van der Waals surface area contributed by atoms with Crippen molar-refractivity contribution in [2.45, 2.75) is 0 Å². The van der Waals surface area contributed by atoms with E-state index in [2.05, 4.69) is 22.6 Å². The Bertz CT molecular complexity index is 755. The van der Waals surface area contributed by atoms with Gasteiger partial charge in [0.05, 0.1) is 25.4 Å². The molecule has 0 aliphatic carbocycles. The van der Waals surface area contributed by atoms with Gasteiger partial charge in [-0.2, -0.15) is 0 Å². The van der Waals surface area contributed by atoms with Crippen LogP contribution in [-0.2, 0) is 19.1 Å². The normalized spacial score (nSPS) is 10.5. The molecule has 0 N–H and O–H groups in total. The third-order valence-electron chi connectivity index (χ3n) is 3.17. The Morgan fingerprint density at radius 2 is 1.75 bits per heavy atom. The quantitative estimate of drug-likeness (QED) is 0.330. The summed E-state index contributed by atoms with van der Waals surface area (Å²) in [6.45, 7) is 7.27. The summed E-state index contributed by atoms with van der Waals surface area (Å²) in [5.74, 6) is -1.38. The first kappa shape index (κ1) is 18.8. The molecule has 0 fully saturated rings. The van der Waals surface area contributed by atoms with Gasteiger partial charge in [0.1, 0.15) is 6.29 Å². The van der Waals surface area contributed by atoms with Crippen molar-refractivity contribution < 1.29 is 28.7 Å². The zero-order valence-corrected chi connectivity index (χ0v) is 13.3. The number of ether oxygens (including phenoxy) is 2. The first-order chi connectivity index (χ1) is 11.4. The number of hydrogen-bond donors (Lipinski definition) is 0. The molecule has 1 rings (SSSR count). The third kappa shape index (κ3) is 4.13. The van der Waals surface area contributed by atoms with E-state index in [-0.39, 0.29) is 22.3 Å². The van der Waals surface area contributed by atoms with Crippen molar-refractivity contribution >= 4 is 30.1 Å². The number of hydrogen-bond acceptors (Lipinski definition) is 6. The molecule has 0 atom stereocenters. The van der Waals surface area contributed by atoms with Crippen LogP contribution in [0.3, 0.4) is 0 Å². The lowest BCUT2D eigenvalue weighted by molar-refractivity contribution is -0.136. The number of aldehydes is 2. The summed E-state index contributed by atoms with van der Waals surface area (Å²) in [5.41, 5.74) is 0.913. The first-order valence-electron chi connectivity index (χ1n) is 6.70. The van der Waals surface area contributed by atoms with Gasteiger partial charge in [-0.05, 0) is 29.3 Å². The standard InChI is InChI=1S/C18H16O6/c1-11(7-16(12(2)9-19)18(22)24-4)13-5-6-15(17(21)23-3)14(8-13)10-20/h5-10H,1-2H2,3-4H3/b16-7+. The van der Waals surface area contributed by atoms with Crippen LogP contribution in [0.15, 0.2) is 48.6 Å². The Hall–Kier alpha value is -3.28. The van der Waals surface area contributed by atoms with Crippen molar-refractivity contribution in [1.82, 2.24) is 0 Å². The van der Waals surface area contributed by atoms with Gasteiger partial charge >= 0.3 is 11.9 Å². The lowest BCUT2D eigenvalue weighted by Crippen LogP contribution is -2.08. The fourth-order valence-corrected chi connectivity index (χ4v) is 1.87. The van der Waals surface area contributed by atoms with Crippen LogP contribution >= 0.6 is 0 Å². The van der Waals surface area contributed by atoms with E-state index in [1.54, 1.807) is 0 Å². The molecule has 0 radical (unpaired) electrons. The van der Waals surface area contributed by atoms with E-state index in [9.17, 15) is 19.2 Å². The lowest BCUT2D eigenvalue weighted by Gasteiger charge is -2.08. The van der Waals surface area contributed by atoms with E-state index < -0.39 is 11.9 Å². The molecule has 0 unspecified atom stereocenters. The molecular weight excluding hydrogens is 312 g/mol. The van der Waals surface area contributed by atoms with Gasteiger partial charge in [0.2, 0.25) is 0 Å². The summed E-state index contributed by atoms with van der Waals surface area (Å²) in [5, 5.41) is 0. The molecule has 1 aromatic carbocycles. The molecule has 6 heteroatoms. The molecule has 0 aliphatic rings. The van der Waals surface area contributed by atoms with Gasteiger partial charge in [0.25, 0.3) is 0 Å². The van der Waals surface area contributed by atoms with E-state index in [0.29, 0.717) is 23.7 Å². The van der Waals surface area contributed by atoms with Crippen LogP contribution in [0, 0.1) is 0 Å². The molecule has 1 aromatic rings. The highest BCUT2D eigenvalue weighted by molar-refractivity contribution is 6.04. The summed E-state index contributed by atoms with van der Waals surface area (Å²) in [6, 6.07) is 4.38.